The molecule has 0 saturated carbocycles. The first-order valence-corrected chi connectivity index (χ1v) is 16.6. The van der Waals surface area contributed by atoms with Crippen molar-refractivity contribution in [3.05, 3.63) is 78.4 Å². The lowest BCUT2D eigenvalue weighted by Gasteiger charge is -2.27. The Bertz CT molecular complexity index is 1500. The second-order valence-electron chi connectivity index (χ2n) is 10.4. The number of carbonyl (C=O) groups is 1. The van der Waals surface area contributed by atoms with Crippen molar-refractivity contribution in [3.63, 3.8) is 0 Å². The summed E-state index contributed by atoms with van der Waals surface area (Å²) in [6.45, 7) is 6.88. The van der Waals surface area contributed by atoms with Gasteiger partial charge in [0.2, 0.25) is 5.91 Å². The summed E-state index contributed by atoms with van der Waals surface area (Å²) < 4.78 is 29.9. The number of carbonyl (C=O) groups excluding carboxylic acids is 1. The van der Waals surface area contributed by atoms with Crippen molar-refractivity contribution < 1.29 is 23.6 Å². The third-order valence-corrected chi connectivity index (χ3v) is 8.46. The number of rotatable bonds is 17. The topological polar surface area (TPSA) is 95.5 Å². The highest BCUT2D eigenvalue weighted by Gasteiger charge is 2.23. The molecular weight excluding hydrogens is 586 g/mol. The molecule has 0 bridgehead atoms. The highest BCUT2D eigenvalue weighted by atomic mass is 32.2. The molecule has 1 heterocycles. The molecule has 1 N–H and O–H groups in total. The number of hydrogen-bond acceptors (Lipinski definition) is 7. The number of amides is 1. The molecule has 8 nitrogen and oxygen atoms in total. The second kappa shape index (κ2) is 17.9. The van der Waals surface area contributed by atoms with Crippen LogP contribution < -0.4 is 14.8 Å². The minimum atomic E-state index is -1.24. The minimum absolute atomic E-state index is 0.137. The number of aliphatic imine (C=N–C) groups is 1. The van der Waals surface area contributed by atoms with E-state index in [1.807, 2.05) is 47.4 Å². The lowest BCUT2D eigenvalue weighted by Crippen LogP contribution is -2.40. The molecule has 3 aromatic carbocycles. The number of unbranched alkanes of at least 4 members (excludes halogenated alkanes) is 1. The van der Waals surface area contributed by atoms with Gasteiger partial charge in [-0.1, -0.05) is 38.5 Å². The van der Waals surface area contributed by atoms with Crippen LogP contribution in [0.2, 0.25) is 0 Å². The summed E-state index contributed by atoms with van der Waals surface area (Å²) >= 11 is -1.24. The summed E-state index contributed by atoms with van der Waals surface area (Å²) in [6.07, 6.45) is 8.05. The number of nitrogens with zero attached hydrogens (tertiary/aromatic N) is 2. The Kier molecular flexibility index (Phi) is 13.4. The largest absolute Gasteiger partial charge is 0.611 e. The Hall–Kier alpha value is -4.23. The summed E-state index contributed by atoms with van der Waals surface area (Å²) in [5.41, 5.74) is 3.38. The molecule has 0 aromatic heterocycles. The van der Waals surface area contributed by atoms with Gasteiger partial charge in [0.1, 0.15) is 36.2 Å². The van der Waals surface area contributed by atoms with Crippen molar-refractivity contribution in [3.8, 4) is 34.6 Å². The first-order chi connectivity index (χ1) is 22.0. The average molecular weight is 628 g/mol. The van der Waals surface area contributed by atoms with Gasteiger partial charge in [-0.2, -0.15) is 4.99 Å². The van der Waals surface area contributed by atoms with Gasteiger partial charge in [-0.25, -0.2) is 0 Å². The van der Waals surface area contributed by atoms with E-state index in [2.05, 4.69) is 36.1 Å². The predicted octanol–water partition coefficient (Wildman–Crippen LogP) is 6.40. The van der Waals surface area contributed by atoms with Crippen LogP contribution in [0.5, 0.6) is 11.5 Å². The van der Waals surface area contributed by atoms with E-state index < -0.39 is 11.2 Å². The summed E-state index contributed by atoms with van der Waals surface area (Å²) in [5.74, 6) is 4.60. The first kappa shape index (κ1) is 33.7. The van der Waals surface area contributed by atoms with Crippen LogP contribution in [0.25, 0.3) is 17.2 Å². The van der Waals surface area contributed by atoms with Crippen LogP contribution in [0.4, 0.5) is 5.69 Å². The Morgan fingerprint density at radius 1 is 1.02 bits per heavy atom. The monoisotopic (exact) mass is 627 g/mol. The molecule has 1 aliphatic rings. The molecule has 1 unspecified atom stereocenters. The Morgan fingerprint density at radius 3 is 2.53 bits per heavy atom. The molecule has 4 rings (SSSR count). The zero-order chi connectivity index (χ0) is 31.9. The molecule has 0 saturated heterocycles. The average Bonchev–Trinajstić information content (AvgIpc) is 3.07. The van der Waals surface area contributed by atoms with Crippen molar-refractivity contribution in [2.45, 2.75) is 44.0 Å². The molecule has 0 fully saturated rings. The van der Waals surface area contributed by atoms with Gasteiger partial charge in [-0.05, 0) is 95.7 Å². The SMILES string of the molecule is CCCCOCCOc1ccc(-c2ccc(OC)c(/C=C/C(=O)Nc3ccc([S@+]([O-])CC4C#CN=CN4CCC)cc3)c2)cc1. The standard InChI is InChI=1S/C36H41N3O5S/c1-4-6-22-43-23-24-44-33-13-7-28(8-14-33)29-9-17-35(42-3)30(25-29)10-18-36(40)38-31-11-15-34(16-12-31)45(41)26-32-19-20-37-27-39(32)21-5-2/h7-18,25,27,32H,4-6,21-24,26H2,1-3H3,(H,38,40)/b18-10+/t32?,45-/m1/s1. The molecule has 1 aliphatic heterocycles. The van der Waals surface area contributed by atoms with Crippen molar-refractivity contribution in [1.82, 2.24) is 4.90 Å². The molecule has 3 aromatic rings. The summed E-state index contributed by atoms with van der Waals surface area (Å²) in [5, 5.41) is 2.87. The number of nitrogens with one attached hydrogen (secondary N) is 1. The maximum Gasteiger partial charge on any atom is 0.248 e. The molecule has 0 radical (unpaired) electrons. The molecular formula is C36H41N3O5S. The van der Waals surface area contributed by atoms with Crippen molar-refractivity contribution in [2.75, 3.05) is 44.5 Å². The molecule has 0 aliphatic carbocycles. The van der Waals surface area contributed by atoms with E-state index in [1.54, 1.807) is 43.8 Å². The zero-order valence-corrected chi connectivity index (χ0v) is 27.0. The fourth-order valence-electron chi connectivity index (χ4n) is 4.62. The molecule has 2 atom stereocenters. The maximum absolute atomic E-state index is 13.0. The Balaban J connectivity index is 1.32. The van der Waals surface area contributed by atoms with Crippen LogP contribution in [0, 0.1) is 12.0 Å². The minimum Gasteiger partial charge on any atom is -0.611 e. The third-order valence-electron chi connectivity index (χ3n) is 7.05. The second-order valence-corrected chi connectivity index (χ2v) is 11.9. The van der Waals surface area contributed by atoms with Gasteiger partial charge in [-0.3, -0.25) is 4.79 Å². The fraction of sp³-hybridized carbons (Fsp3) is 0.333. The number of anilines is 1. The maximum atomic E-state index is 13.0. The van der Waals surface area contributed by atoms with Crippen molar-refractivity contribution in [2.24, 2.45) is 4.99 Å². The van der Waals surface area contributed by atoms with Gasteiger partial charge in [-0.15, -0.1) is 0 Å². The molecule has 1 amide bonds. The van der Waals surface area contributed by atoms with Crippen LogP contribution in [-0.2, 0) is 20.7 Å². The van der Waals surface area contributed by atoms with E-state index in [9.17, 15) is 9.35 Å². The van der Waals surface area contributed by atoms with Crippen LogP contribution in [0.3, 0.4) is 0 Å². The van der Waals surface area contributed by atoms with Gasteiger partial charge in [0.05, 0.1) is 13.7 Å². The Labute approximate surface area is 269 Å². The van der Waals surface area contributed by atoms with E-state index in [0.29, 0.717) is 35.3 Å². The van der Waals surface area contributed by atoms with Gasteiger partial charge >= 0.3 is 0 Å². The van der Waals surface area contributed by atoms with Crippen LogP contribution in [-0.4, -0.2) is 67.0 Å². The number of ether oxygens (including phenoxy) is 3. The van der Waals surface area contributed by atoms with E-state index in [0.717, 1.165) is 54.9 Å². The van der Waals surface area contributed by atoms with Crippen LogP contribution in [0.15, 0.2) is 82.7 Å². The summed E-state index contributed by atoms with van der Waals surface area (Å²) in [6, 6.07) is 23.4. The normalized spacial score (nSPS) is 14.6. The summed E-state index contributed by atoms with van der Waals surface area (Å²) in [4.78, 5) is 19.5. The Morgan fingerprint density at radius 2 is 1.80 bits per heavy atom. The molecule has 45 heavy (non-hydrogen) atoms. The highest BCUT2D eigenvalue weighted by molar-refractivity contribution is 7.91. The summed E-state index contributed by atoms with van der Waals surface area (Å²) in [7, 11) is 1.60. The lowest BCUT2D eigenvalue weighted by atomic mass is 10.0. The predicted molar refractivity (Wildman–Crippen MR) is 182 cm³/mol. The van der Waals surface area contributed by atoms with Crippen molar-refractivity contribution >= 4 is 35.2 Å². The molecule has 9 heteroatoms. The van der Waals surface area contributed by atoms with E-state index in [-0.39, 0.29) is 11.9 Å². The van der Waals surface area contributed by atoms with E-state index in [4.69, 9.17) is 14.2 Å². The smallest absolute Gasteiger partial charge is 0.248 e. The molecule has 236 valence electrons. The van der Waals surface area contributed by atoms with Gasteiger partial charge in [0.15, 0.2) is 4.90 Å². The van der Waals surface area contributed by atoms with Crippen LogP contribution >= 0.6 is 0 Å². The number of benzene rings is 3. The third kappa shape index (κ3) is 10.4. The van der Waals surface area contributed by atoms with Crippen LogP contribution in [0.1, 0.15) is 38.7 Å². The van der Waals surface area contributed by atoms with Gasteiger partial charge in [0, 0.05) is 36.5 Å². The van der Waals surface area contributed by atoms with Gasteiger partial charge < -0.3 is 29.0 Å². The quantitative estimate of drug-likeness (QED) is 0.0806. The lowest BCUT2D eigenvalue weighted by molar-refractivity contribution is -0.111. The van der Waals surface area contributed by atoms with Gasteiger partial charge in [0.25, 0.3) is 0 Å². The number of methoxy groups -OCH3 is 1. The van der Waals surface area contributed by atoms with E-state index >= 15 is 0 Å². The first-order valence-electron chi connectivity index (χ1n) is 15.3. The number of hydrogen-bond donors (Lipinski definition) is 1. The van der Waals surface area contributed by atoms with Crippen molar-refractivity contribution in [1.29, 1.82) is 0 Å². The zero-order valence-electron chi connectivity index (χ0n) is 26.2. The van der Waals surface area contributed by atoms with E-state index in [1.165, 1.54) is 6.08 Å². The highest BCUT2D eigenvalue weighted by Crippen LogP contribution is 2.29. The fourth-order valence-corrected chi connectivity index (χ4v) is 5.81. The molecule has 0 spiro atoms.